The number of hydrogen-bond acceptors (Lipinski definition) is 8. The number of aryl methyl sites for hydroxylation is 3. The van der Waals surface area contributed by atoms with E-state index in [9.17, 15) is 24.4 Å². The molecule has 0 radical (unpaired) electrons. The highest BCUT2D eigenvalue weighted by Gasteiger charge is 2.30. The molecule has 0 saturated carbocycles. The minimum atomic E-state index is -1.10. The standard InChI is InChI=1S/C26H28N4O5S/c1-14-19-10-16-6-4-8-30-9-5-7-18(22(16)30)23(19)35-26(34)20(14)11-17(12-27)25(33)29(3)21(24(28)32)13-36-15(2)31/h10-11,21H,4-9,13H2,1-3H3,(H2,28,32)/b17-11+/t21-/m0/s1. The van der Waals surface area contributed by atoms with Crippen LogP contribution in [0.2, 0.25) is 0 Å². The number of anilines is 1. The Morgan fingerprint density at radius 1 is 1.31 bits per heavy atom. The van der Waals surface area contributed by atoms with Crippen LogP contribution in [0.3, 0.4) is 0 Å². The van der Waals surface area contributed by atoms with Gasteiger partial charge in [0.1, 0.15) is 23.3 Å². The van der Waals surface area contributed by atoms with Crippen LogP contribution in [0.1, 0.15) is 42.0 Å². The number of carbonyl (C=O) groups is 3. The Bertz CT molecular complexity index is 1400. The van der Waals surface area contributed by atoms with Crippen LogP contribution in [-0.2, 0) is 27.2 Å². The summed E-state index contributed by atoms with van der Waals surface area (Å²) >= 11 is 0.858. The number of nitrogens with two attached hydrogens (primary N) is 1. The van der Waals surface area contributed by atoms with Gasteiger partial charge in [-0.05, 0) is 55.9 Å². The molecule has 9 nitrogen and oxygen atoms in total. The number of rotatable bonds is 6. The lowest BCUT2D eigenvalue weighted by Crippen LogP contribution is -2.47. The molecule has 36 heavy (non-hydrogen) atoms. The second-order valence-corrected chi connectivity index (χ2v) is 10.4. The van der Waals surface area contributed by atoms with E-state index in [2.05, 4.69) is 11.0 Å². The van der Waals surface area contributed by atoms with E-state index in [4.69, 9.17) is 10.2 Å². The van der Waals surface area contributed by atoms with Gasteiger partial charge in [0, 0.05) is 49.5 Å². The van der Waals surface area contributed by atoms with Gasteiger partial charge in [0.15, 0.2) is 5.12 Å². The summed E-state index contributed by atoms with van der Waals surface area (Å²) in [6.07, 6.45) is 5.03. The van der Waals surface area contributed by atoms with Gasteiger partial charge in [0.05, 0.1) is 5.56 Å². The third-order valence-electron chi connectivity index (χ3n) is 6.90. The molecular weight excluding hydrogens is 480 g/mol. The molecule has 1 aromatic heterocycles. The fourth-order valence-electron chi connectivity index (χ4n) is 5.04. The zero-order valence-corrected chi connectivity index (χ0v) is 21.4. The summed E-state index contributed by atoms with van der Waals surface area (Å²) < 4.78 is 5.80. The Morgan fingerprint density at radius 3 is 2.64 bits per heavy atom. The maximum absolute atomic E-state index is 13.1. The molecule has 188 valence electrons. The smallest absolute Gasteiger partial charge is 0.343 e. The minimum Gasteiger partial charge on any atom is -0.422 e. The van der Waals surface area contributed by atoms with E-state index in [0.29, 0.717) is 11.1 Å². The minimum absolute atomic E-state index is 0.0341. The summed E-state index contributed by atoms with van der Waals surface area (Å²) in [6.45, 7) is 5.12. The molecule has 2 N–H and O–H groups in total. The second-order valence-electron chi connectivity index (χ2n) is 9.17. The number of nitrogens with zero attached hydrogens (tertiary/aromatic N) is 3. The van der Waals surface area contributed by atoms with Crippen molar-refractivity contribution in [2.45, 2.75) is 45.6 Å². The van der Waals surface area contributed by atoms with Gasteiger partial charge in [-0.25, -0.2) is 4.79 Å². The molecule has 2 aliphatic heterocycles. The van der Waals surface area contributed by atoms with E-state index in [-0.39, 0.29) is 22.0 Å². The highest BCUT2D eigenvalue weighted by molar-refractivity contribution is 8.13. The number of primary amides is 1. The van der Waals surface area contributed by atoms with Gasteiger partial charge in [-0.15, -0.1) is 0 Å². The van der Waals surface area contributed by atoms with Gasteiger partial charge in [0.2, 0.25) is 5.91 Å². The first kappa shape index (κ1) is 25.5. The molecular formula is C26H28N4O5S. The van der Waals surface area contributed by atoms with Crippen LogP contribution in [0.4, 0.5) is 5.69 Å². The summed E-state index contributed by atoms with van der Waals surface area (Å²) in [5, 5.41) is 10.3. The summed E-state index contributed by atoms with van der Waals surface area (Å²) in [4.78, 5) is 52.8. The number of hydrogen-bond donors (Lipinski definition) is 1. The van der Waals surface area contributed by atoms with Crippen LogP contribution in [0, 0.1) is 18.3 Å². The van der Waals surface area contributed by atoms with E-state index in [0.717, 1.165) is 66.4 Å². The van der Waals surface area contributed by atoms with E-state index in [1.54, 1.807) is 6.92 Å². The van der Waals surface area contributed by atoms with Gasteiger partial charge < -0.3 is 20.0 Å². The monoisotopic (exact) mass is 508 g/mol. The molecule has 0 aliphatic carbocycles. The van der Waals surface area contributed by atoms with Crippen molar-refractivity contribution in [3.05, 3.63) is 44.3 Å². The largest absolute Gasteiger partial charge is 0.422 e. The van der Waals surface area contributed by atoms with Crippen molar-refractivity contribution in [1.82, 2.24) is 4.90 Å². The third kappa shape index (κ3) is 4.63. The van der Waals surface area contributed by atoms with Gasteiger partial charge in [-0.3, -0.25) is 14.4 Å². The van der Waals surface area contributed by atoms with E-state index >= 15 is 0 Å². The molecule has 0 unspecified atom stereocenters. The van der Waals surface area contributed by atoms with E-state index in [1.165, 1.54) is 31.3 Å². The van der Waals surface area contributed by atoms with Gasteiger partial charge >= 0.3 is 5.63 Å². The molecule has 0 spiro atoms. The van der Waals surface area contributed by atoms with Crippen LogP contribution in [0.15, 0.2) is 20.9 Å². The fraction of sp³-hybridized carbons (Fsp3) is 0.423. The van der Waals surface area contributed by atoms with Gasteiger partial charge in [-0.1, -0.05) is 11.8 Å². The third-order valence-corrected chi connectivity index (χ3v) is 7.78. The summed E-state index contributed by atoms with van der Waals surface area (Å²) in [5.41, 5.74) is 9.23. The molecule has 1 aromatic carbocycles. The lowest BCUT2D eigenvalue weighted by atomic mass is 9.88. The first-order valence-corrected chi connectivity index (χ1v) is 12.8. The summed E-state index contributed by atoms with van der Waals surface area (Å²) in [6, 6.07) is 2.80. The molecule has 0 bridgehead atoms. The van der Waals surface area contributed by atoms with Crippen molar-refractivity contribution >= 4 is 51.4 Å². The number of amides is 2. The molecule has 2 aliphatic rings. The zero-order valence-electron chi connectivity index (χ0n) is 20.6. The summed E-state index contributed by atoms with van der Waals surface area (Å²) in [5.74, 6) is -1.61. The van der Waals surface area contributed by atoms with E-state index < -0.39 is 23.5 Å². The first-order valence-electron chi connectivity index (χ1n) is 11.8. The quantitative estimate of drug-likeness (QED) is 0.356. The van der Waals surface area contributed by atoms with Crippen molar-refractivity contribution in [3.63, 3.8) is 0 Å². The SMILES string of the molecule is CC(=O)SC[C@@H](C(N)=O)N(C)C(=O)/C(C#N)=C/c1c(C)c2cc3c4c(c2oc1=O)CCCN4CCC3. The molecule has 3 heterocycles. The molecule has 1 atom stereocenters. The van der Waals surface area contributed by atoms with E-state index in [1.807, 2.05) is 6.07 Å². The number of carbonyl (C=O) groups excluding carboxylic acids is 3. The fourth-order valence-corrected chi connectivity index (χ4v) is 5.82. The Kier molecular flexibility index (Phi) is 7.22. The lowest BCUT2D eigenvalue weighted by Gasteiger charge is -2.37. The number of nitriles is 1. The van der Waals surface area contributed by atoms with Crippen LogP contribution in [-0.4, -0.2) is 53.8 Å². The van der Waals surface area contributed by atoms with Crippen LogP contribution in [0.25, 0.3) is 17.0 Å². The predicted octanol–water partition coefficient (Wildman–Crippen LogP) is 2.30. The average Bonchev–Trinajstić information content (AvgIpc) is 2.84. The molecule has 10 heteroatoms. The normalized spacial score (nSPS) is 15.7. The Morgan fingerprint density at radius 2 is 2.00 bits per heavy atom. The van der Waals surface area contributed by atoms with Crippen LogP contribution >= 0.6 is 11.8 Å². The van der Waals surface area contributed by atoms with Crippen molar-refractivity contribution in [2.24, 2.45) is 5.73 Å². The number of thioether (sulfide) groups is 1. The number of fused-ring (bicyclic) bond motifs is 2. The Labute approximate surface area is 212 Å². The topological polar surface area (TPSA) is 138 Å². The Balaban J connectivity index is 1.77. The lowest BCUT2D eigenvalue weighted by molar-refractivity contribution is -0.133. The highest BCUT2D eigenvalue weighted by atomic mass is 32.2. The van der Waals surface area contributed by atoms with Crippen molar-refractivity contribution in [3.8, 4) is 6.07 Å². The summed E-state index contributed by atoms with van der Waals surface area (Å²) in [7, 11) is 1.34. The highest BCUT2D eigenvalue weighted by Crippen LogP contribution is 2.40. The molecule has 0 fully saturated rings. The predicted molar refractivity (Wildman–Crippen MR) is 139 cm³/mol. The number of benzene rings is 1. The average molecular weight is 509 g/mol. The first-order chi connectivity index (χ1) is 17.1. The molecule has 2 aromatic rings. The van der Waals surface area contributed by atoms with Crippen molar-refractivity contribution < 1.29 is 18.8 Å². The maximum Gasteiger partial charge on any atom is 0.343 e. The molecule has 4 rings (SSSR count). The zero-order chi connectivity index (χ0) is 26.1. The van der Waals surface area contributed by atoms with Crippen molar-refractivity contribution in [1.29, 1.82) is 5.26 Å². The van der Waals surface area contributed by atoms with Crippen LogP contribution in [0.5, 0.6) is 0 Å². The molecule has 0 saturated heterocycles. The van der Waals surface area contributed by atoms with Crippen molar-refractivity contribution in [2.75, 3.05) is 30.8 Å². The van der Waals surface area contributed by atoms with Crippen LogP contribution < -0.4 is 16.3 Å². The molecule has 2 amide bonds. The Hall–Kier alpha value is -3.58. The number of likely N-dealkylation sites (N-methyl/N-ethyl adjacent to an activating group) is 1. The van der Waals surface area contributed by atoms with Gasteiger partial charge in [-0.2, -0.15) is 5.26 Å². The second kappa shape index (κ2) is 10.2. The van der Waals surface area contributed by atoms with Gasteiger partial charge in [0.25, 0.3) is 5.91 Å². The maximum atomic E-state index is 13.1.